The van der Waals surface area contributed by atoms with Gasteiger partial charge in [0.05, 0.1) is 11.3 Å². The molecule has 0 saturated carbocycles. The van der Waals surface area contributed by atoms with E-state index in [4.69, 9.17) is 16.7 Å². The minimum atomic E-state index is -1.09. The number of hydrogen-bond donors (Lipinski definition) is 2. The quantitative estimate of drug-likeness (QED) is 0.911. The van der Waals surface area contributed by atoms with Gasteiger partial charge in [-0.1, -0.05) is 11.6 Å². The number of halogens is 2. The molecule has 0 unspecified atom stereocenters. The highest BCUT2D eigenvalue weighted by Crippen LogP contribution is 2.20. The zero-order valence-corrected chi connectivity index (χ0v) is 10.8. The Hall–Kier alpha value is -2.40. The molecule has 102 valence electrons. The molecule has 0 aliphatic carbocycles. The van der Waals surface area contributed by atoms with Gasteiger partial charge in [-0.05, 0) is 42.5 Å². The van der Waals surface area contributed by atoms with E-state index in [1.807, 2.05) is 0 Å². The number of carboxylic acid groups (broad SMARTS) is 1. The summed E-state index contributed by atoms with van der Waals surface area (Å²) in [7, 11) is 0. The van der Waals surface area contributed by atoms with E-state index < -0.39 is 17.7 Å². The molecule has 4 nitrogen and oxygen atoms in total. The predicted molar refractivity (Wildman–Crippen MR) is 72.8 cm³/mol. The maximum Gasteiger partial charge on any atom is 0.335 e. The first-order chi connectivity index (χ1) is 9.47. The second-order valence-electron chi connectivity index (χ2n) is 3.96. The van der Waals surface area contributed by atoms with Crippen molar-refractivity contribution in [3.63, 3.8) is 0 Å². The molecule has 6 heteroatoms. The van der Waals surface area contributed by atoms with Crippen molar-refractivity contribution < 1.29 is 19.1 Å². The van der Waals surface area contributed by atoms with Crippen molar-refractivity contribution in [3.8, 4) is 0 Å². The fourth-order valence-corrected chi connectivity index (χ4v) is 1.72. The Labute approximate surface area is 118 Å². The first-order valence-corrected chi connectivity index (χ1v) is 5.95. The van der Waals surface area contributed by atoms with Crippen LogP contribution in [0.5, 0.6) is 0 Å². The molecule has 20 heavy (non-hydrogen) atoms. The third-order valence-electron chi connectivity index (χ3n) is 2.57. The molecule has 0 bridgehead atoms. The Kier molecular flexibility index (Phi) is 4.00. The highest BCUT2D eigenvalue weighted by Gasteiger charge is 2.11. The Morgan fingerprint density at radius 3 is 2.25 bits per heavy atom. The van der Waals surface area contributed by atoms with E-state index in [-0.39, 0.29) is 16.8 Å². The van der Waals surface area contributed by atoms with Crippen LogP contribution >= 0.6 is 11.6 Å². The van der Waals surface area contributed by atoms with Crippen LogP contribution in [0.25, 0.3) is 0 Å². The molecule has 0 heterocycles. The molecule has 0 aliphatic rings. The van der Waals surface area contributed by atoms with E-state index in [2.05, 4.69) is 5.32 Å². The molecule has 2 rings (SSSR count). The van der Waals surface area contributed by atoms with Crippen LogP contribution in [-0.4, -0.2) is 17.0 Å². The van der Waals surface area contributed by atoms with Crippen LogP contribution in [0, 0.1) is 5.82 Å². The number of hydrogen-bond acceptors (Lipinski definition) is 2. The van der Waals surface area contributed by atoms with Gasteiger partial charge in [0.2, 0.25) is 0 Å². The Bertz CT molecular complexity index is 671. The molecule has 1 amide bonds. The molecule has 2 N–H and O–H groups in total. The van der Waals surface area contributed by atoms with Crippen molar-refractivity contribution in [2.75, 3.05) is 5.32 Å². The van der Waals surface area contributed by atoms with Gasteiger partial charge in [-0.15, -0.1) is 0 Å². The van der Waals surface area contributed by atoms with Crippen LogP contribution in [0.2, 0.25) is 5.02 Å². The van der Waals surface area contributed by atoms with Gasteiger partial charge in [-0.3, -0.25) is 4.79 Å². The smallest absolute Gasteiger partial charge is 0.335 e. The van der Waals surface area contributed by atoms with Crippen LogP contribution in [0.4, 0.5) is 10.1 Å². The van der Waals surface area contributed by atoms with Crippen molar-refractivity contribution in [2.24, 2.45) is 0 Å². The number of benzene rings is 2. The zero-order valence-electron chi connectivity index (χ0n) is 10.1. The third-order valence-corrected chi connectivity index (χ3v) is 2.81. The number of carboxylic acids is 1. The number of amides is 1. The molecule has 0 saturated heterocycles. The normalized spacial score (nSPS) is 10.1. The fourth-order valence-electron chi connectivity index (χ4n) is 1.55. The van der Waals surface area contributed by atoms with E-state index >= 15 is 0 Å². The second kappa shape index (κ2) is 5.71. The van der Waals surface area contributed by atoms with Crippen molar-refractivity contribution in [3.05, 3.63) is 64.4 Å². The summed E-state index contributed by atoms with van der Waals surface area (Å²) in [4.78, 5) is 22.6. The molecule has 0 radical (unpaired) electrons. The first-order valence-electron chi connectivity index (χ1n) is 5.57. The highest BCUT2D eigenvalue weighted by atomic mass is 35.5. The third kappa shape index (κ3) is 3.13. The van der Waals surface area contributed by atoms with Gasteiger partial charge in [0, 0.05) is 10.6 Å². The van der Waals surface area contributed by atoms with Gasteiger partial charge >= 0.3 is 5.97 Å². The topological polar surface area (TPSA) is 66.4 Å². The zero-order chi connectivity index (χ0) is 14.7. The van der Waals surface area contributed by atoms with E-state index in [1.54, 1.807) is 0 Å². The average molecular weight is 294 g/mol. The standard InChI is InChI=1S/C14H9ClFNO3/c15-10-5-6-11(16)12(7-10)17-13(18)8-1-3-9(4-2-8)14(19)20/h1-7H,(H,17,18)(H,19,20). The minimum absolute atomic E-state index is 0.0372. The van der Waals surface area contributed by atoms with Gasteiger partial charge in [-0.2, -0.15) is 0 Å². The van der Waals surface area contributed by atoms with Crippen LogP contribution < -0.4 is 5.32 Å². The number of nitrogens with one attached hydrogen (secondary N) is 1. The monoisotopic (exact) mass is 293 g/mol. The van der Waals surface area contributed by atoms with Crippen molar-refractivity contribution in [1.29, 1.82) is 0 Å². The van der Waals surface area contributed by atoms with Crippen LogP contribution in [-0.2, 0) is 0 Å². The van der Waals surface area contributed by atoms with E-state index in [1.165, 1.54) is 36.4 Å². The highest BCUT2D eigenvalue weighted by molar-refractivity contribution is 6.31. The number of aromatic carboxylic acids is 1. The van der Waals surface area contributed by atoms with Crippen molar-refractivity contribution >= 4 is 29.2 Å². The lowest BCUT2D eigenvalue weighted by atomic mass is 10.1. The molecular weight excluding hydrogens is 285 g/mol. The molecule has 0 atom stereocenters. The molecule has 0 fully saturated rings. The summed E-state index contributed by atoms with van der Waals surface area (Å²) >= 11 is 5.72. The molecule has 0 spiro atoms. The van der Waals surface area contributed by atoms with Crippen LogP contribution in [0.15, 0.2) is 42.5 Å². The molecule has 2 aromatic carbocycles. The maximum absolute atomic E-state index is 13.5. The SMILES string of the molecule is O=C(O)c1ccc(C(=O)Nc2cc(Cl)ccc2F)cc1. The van der Waals surface area contributed by atoms with Gasteiger partial charge in [-0.25, -0.2) is 9.18 Å². The van der Waals surface area contributed by atoms with Crippen LogP contribution in [0.1, 0.15) is 20.7 Å². The average Bonchev–Trinajstić information content (AvgIpc) is 2.43. The van der Waals surface area contributed by atoms with E-state index in [9.17, 15) is 14.0 Å². The van der Waals surface area contributed by atoms with Crippen LogP contribution in [0.3, 0.4) is 0 Å². The van der Waals surface area contributed by atoms with E-state index in [0.717, 1.165) is 6.07 Å². The fraction of sp³-hybridized carbons (Fsp3) is 0. The van der Waals surface area contributed by atoms with E-state index in [0.29, 0.717) is 5.02 Å². The summed E-state index contributed by atoms with van der Waals surface area (Å²) in [6.07, 6.45) is 0. The van der Waals surface area contributed by atoms with Gasteiger partial charge in [0.15, 0.2) is 0 Å². The van der Waals surface area contributed by atoms with Crippen molar-refractivity contribution in [1.82, 2.24) is 0 Å². The minimum Gasteiger partial charge on any atom is -0.478 e. The number of carbonyl (C=O) groups excluding carboxylic acids is 1. The predicted octanol–water partition coefficient (Wildman–Crippen LogP) is 3.43. The lowest BCUT2D eigenvalue weighted by molar-refractivity contribution is 0.0696. The number of rotatable bonds is 3. The molecule has 0 aromatic heterocycles. The molecular formula is C14H9ClFNO3. The largest absolute Gasteiger partial charge is 0.478 e. The van der Waals surface area contributed by atoms with Gasteiger partial charge in [0.25, 0.3) is 5.91 Å². The Morgan fingerprint density at radius 2 is 1.65 bits per heavy atom. The summed E-state index contributed by atoms with van der Waals surface area (Å²) in [6.45, 7) is 0. The number of anilines is 1. The molecule has 0 aliphatic heterocycles. The first kappa shape index (κ1) is 14.0. The lowest BCUT2D eigenvalue weighted by Gasteiger charge is -2.07. The second-order valence-corrected chi connectivity index (χ2v) is 4.40. The number of carbonyl (C=O) groups is 2. The lowest BCUT2D eigenvalue weighted by Crippen LogP contribution is -2.13. The Balaban J connectivity index is 2.19. The summed E-state index contributed by atoms with van der Waals surface area (Å²) in [6, 6.07) is 9.10. The van der Waals surface area contributed by atoms with Crippen molar-refractivity contribution in [2.45, 2.75) is 0 Å². The van der Waals surface area contributed by atoms with Gasteiger partial charge < -0.3 is 10.4 Å². The van der Waals surface area contributed by atoms with Gasteiger partial charge in [0.1, 0.15) is 5.82 Å². The molecule has 2 aromatic rings. The maximum atomic E-state index is 13.5. The summed E-state index contributed by atoms with van der Waals surface area (Å²) in [5.74, 6) is -2.24. The summed E-state index contributed by atoms with van der Waals surface area (Å²) in [5.41, 5.74) is 0.245. The summed E-state index contributed by atoms with van der Waals surface area (Å²) < 4.78 is 13.5. The Morgan fingerprint density at radius 1 is 1.05 bits per heavy atom. The summed E-state index contributed by atoms with van der Waals surface area (Å²) in [5, 5.41) is 11.4.